The number of anilines is 1. The fourth-order valence-electron chi connectivity index (χ4n) is 4.53. The lowest BCUT2D eigenvalue weighted by molar-refractivity contribution is -0.117. The van der Waals surface area contributed by atoms with Crippen LogP contribution in [-0.2, 0) is 17.9 Å². The summed E-state index contributed by atoms with van der Waals surface area (Å²) in [6.45, 7) is 9.12. The predicted octanol–water partition coefficient (Wildman–Crippen LogP) is 3.55. The number of carbonyl (C=O) groups is 1. The van der Waals surface area contributed by atoms with E-state index in [0.717, 1.165) is 54.1 Å². The summed E-state index contributed by atoms with van der Waals surface area (Å²) in [4.78, 5) is 27.7. The first kappa shape index (κ1) is 23.0. The van der Waals surface area contributed by atoms with Gasteiger partial charge in [0.15, 0.2) is 0 Å². The van der Waals surface area contributed by atoms with Crippen LogP contribution in [0, 0.1) is 13.8 Å². The van der Waals surface area contributed by atoms with Crippen LogP contribution in [0.15, 0.2) is 53.3 Å². The molecule has 0 bridgehead atoms. The zero-order valence-corrected chi connectivity index (χ0v) is 19.8. The molecule has 1 saturated heterocycles. The quantitative estimate of drug-likeness (QED) is 0.601. The topological polar surface area (TPSA) is 72.2 Å². The minimum Gasteiger partial charge on any atom is -0.325 e. The summed E-state index contributed by atoms with van der Waals surface area (Å²) in [5.41, 5.74) is 4.09. The molecule has 0 aliphatic carbocycles. The molecule has 1 fully saturated rings. The van der Waals surface area contributed by atoms with Crippen molar-refractivity contribution in [2.45, 2.75) is 52.6 Å². The molecule has 1 aromatic heterocycles. The molecule has 0 unspecified atom stereocenters. The van der Waals surface area contributed by atoms with E-state index in [1.807, 2.05) is 69.3 Å². The van der Waals surface area contributed by atoms with Crippen LogP contribution in [0.1, 0.15) is 48.2 Å². The van der Waals surface area contributed by atoms with Crippen molar-refractivity contribution in [3.8, 4) is 0 Å². The second-order valence-electron chi connectivity index (χ2n) is 8.95. The molecule has 1 aliphatic heterocycles. The fourth-order valence-corrected chi connectivity index (χ4v) is 4.53. The second kappa shape index (κ2) is 10.2. The van der Waals surface area contributed by atoms with Gasteiger partial charge < -0.3 is 5.32 Å². The first-order chi connectivity index (χ1) is 15.9. The van der Waals surface area contributed by atoms with Gasteiger partial charge in [-0.1, -0.05) is 42.5 Å². The van der Waals surface area contributed by atoms with E-state index >= 15 is 0 Å². The van der Waals surface area contributed by atoms with Crippen molar-refractivity contribution < 1.29 is 4.79 Å². The molecule has 0 radical (unpaired) electrons. The molecule has 3 aromatic rings. The number of rotatable bonds is 7. The third-order valence-corrected chi connectivity index (χ3v) is 6.43. The molecular weight excluding hydrogens is 414 g/mol. The summed E-state index contributed by atoms with van der Waals surface area (Å²) in [6.07, 6.45) is 1.77. The number of nitrogens with zero attached hydrogens (tertiary/aromatic N) is 4. The van der Waals surface area contributed by atoms with Crippen LogP contribution in [0.3, 0.4) is 0 Å². The normalized spacial score (nSPS) is 15.0. The molecule has 1 aliphatic rings. The Morgan fingerprint density at radius 3 is 2.52 bits per heavy atom. The maximum absolute atomic E-state index is 12.9. The fraction of sp³-hybridized carbons (Fsp3) is 0.423. The number of aryl methyl sites for hydroxylation is 2. The second-order valence-corrected chi connectivity index (χ2v) is 8.95. The molecule has 0 saturated carbocycles. The molecular formula is C26H33N5O2. The number of amides is 1. The number of nitrogens with one attached hydrogen (secondary N) is 1. The van der Waals surface area contributed by atoms with Gasteiger partial charge in [0.1, 0.15) is 5.82 Å². The summed E-state index contributed by atoms with van der Waals surface area (Å²) in [5.74, 6) is 1.12. The smallest absolute Gasteiger partial charge is 0.325 e. The largest absolute Gasteiger partial charge is 0.346 e. The number of carbonyl (C=O) groups excluding carboxylic acids is 1. The highest BCUT2D eigenvalue weighted by Crippen LogP contribution is 2.26. The van der Waals surface area contributed by atoms with Crippen LogP contribution >= 0.6 is 0 Å². The number of hydrogen-bond acceptors (Lipinski definition) is 4. The Labute approximate surface area is 195 Å². The van der Waals surface area contributed by atoms with E-state index in [-0.39, 0.29) is 17.5 Å². The van der Waals surface area contributed by atoms with Crippen molar-refractivity contribution in [3.63, 3.8) is 0 Å². The van der Waals surface area contributed by atoms with Crippen molar-refractivity contribution in [3.05, 3.63) is 81.5 Å². The number of likely N-dealkylation sites (tertiary alicyclic amines) is 1. The van der Waals surface area contributed by atoms with E-state index in [1.165, 1.54) is 0 Å². The van der Waals surface area contributed by atoms with Crippen LogP contribution in [0.5, 0.6) is 0 Å². The Kier molecular flexibility index (Phi) is 7.08. The lowest BCUT2D eigenvalue weighted by atomic mass is 9.96. The Hall–Kier alpha value is -3.19. The Balaban J connectivity index is 1.37. The third kappa shape index (κ3) is 5.42. The van der Waals surface area contributed by atoms with Gasteiger partial charge in [-0.05, 0) is 69.5 Å². The minimum absolute atomic E-state index is 0.0137. The van der Waals surface area contributed by atoms with E-state index in [1.54, 1.807) is 9.25 Å². The molecule has 2 aromatic carbocycles. The van der Waals surface area contributed by atoms with Crippen LogP contribution in [0.4, 0.5) is 5.69 Å². The average molecular weight is 448 g/mol. The van der Waals surface area contributed by atoms with E-state index in [9.17, 15) is 9.59 Å². The van der Waals surface area contributed by atoms with Gasteiger partial charge in [-0.15, -0.1) is 0 Å². The molecule has 0 spiro atoms. The van der Waals surface area contributed by atoms with Gasteiger partial charge in [0.25, 0.3) is 0 Å². The van der Waals surface area contributed by atoms with Crippen LogP contribution in [0.2, 0.25) is 0 Å². The summed E-state index contributed by atoms with van der Waals surface area (Å²) < 4.78 is 3.38. The molecule has 4 rings (SSSR count). The van der Waals surface area contributed by atoms with E-state index in [4.69, 9.17) is 5.10 Å². The molecule has 1 N–H and O–H groups in total. The first-order valence-corrected chi connectivity index (χ1v) is 11.8. The lowest BCUT2D eigenvalue weighted by Gasteiger charge is -2.31. The van der Waals surface area contributed by atoms with Gasteiger partial charge in [0, 0.05) is 18.2 Å². The van der Waals surface area contributed by atoms with Gasteiger partial charge in [-0.2, -0.15) is 5.10 Å². The zero-order valence-electron chi connectivity index (χ0n) is 19.8. The van der Waals surface area contributed by atoms with Gasteiger partial charge in [0.2, 0.25) is 5.91 Å². The minimum atomic E-state index is -0.0494. The van der Waals surface area contributed by atoms with Gasteiger partial charge in [-0.3, -0.25) is 14.3 Å². The Morgan fingerprint density at radius 1 is 1.09 bits per heavy atom. The Morgan fingerprint density at radius 2 is 1.82 bits per heavy atom. The number of aromatic nitrogens is 3. The predicted molar refractivity (Wildman–Crippen MR) is 131 cm³/mol. The molecule has 33 heavy (non-hydrogen) atoms. The van der Waals surface area contributed by atoms with Crippen LogP contribution < -0.4 is 11.0 Å². The third-order valence-electron chi connectivity index (χ3n) is 6.43. The summed E-state index contributed by atoms with van der Waals surface area (Å²) >= 11 is 0. The molecule has 7 nitrogen and oxygen atoms in total. The SMILES string of the molecule is CCn1c(C2CCN(CC(=O)Nc3cc(C)ccc3C)CC2)nn(Cc2ccccc2)c1=O. The summed E-state index contributed by atoms with van der Waals surface area (Å²) in [7, 11) is 0. The summed E-state index contributed by atoms with van der Waals surface area (Å²) in [6, 6.07) is 16.0. The standard InChI is InChI=1S/C26H33N5O2/c1-4-30-25(28-31(26(30)33)17-21-8-6-5-7-9-21)22-12-14-29(15-13-22)18-24(32)27-23-16-19(2)10-11-20(23)3/h5-11,16,22H,4,12-15,17-18H2,1-3H3,(H,27,32). The van der Waals surface area contributed by atoms with Crippen LogP contribution in [0.25, 0.3) is 0 Å². The zero-order chi connectivity index (χ0) is 23.4. The van der Waals surface area contributed by atoms with Crippen molar-refractivity contribution in [1.29, 1.82) is 0 Å². The molecule has 0 atom stereocenters. The van der Waals surface area contributed by atoms with Crippen molar-refractivity contribution in [1.82, 2.24) is 19.2 Å². The van der Waals surface area contributed by atoms with Crippen molar-refractivity contribution in [2.75, 3.05) is 25.0 Å². The van der Waals surface area contributed by atoms with E-state index < -0.39 is 0 Å². The summed E-state index contributed by atoms with van der Waals surface area (Å²) in [5, 5.41) is 7.78. The van der Waals surface area contributed by atoms with E-state index in [2.05, 4.69) is 10.2 Å². The molecule has 2 heterocycles. The van der Waals surface area contributed by atoms with Crippen LogP contribution in [-0.4, -0.2) is 44.8 Å². The highest BCUT2D eigenvalue weighted by atomic mass is 16.2. The lowest BCUT2D eigenvalue weighted by Crippen LogP contribution is -2.39. The first-order valence-electron chi connectivity index (χ1n) is 11.8. The van der Waals surface area contributed by atoms with E-state index in [0.29, 0.717) is 19.6 Å². The number of hydrogen-bond donors (Lipinski definition) is 1. The highest BCUT2D eigenvalue weighted by Gasteiger charge is 2.27. The molecule has 174 valence electrons. The number of piperidine rings is 1. The maximum atomic E-state index is 12.9. The monoisotopic (exact) mass is 447 g/mol. The van der Waals surface area contributed by atoms with Crippen molar-refractivity contribution in [2.24, 2.45) is 0 Å². The van der Waals surface area contributed by atoms with Gasteiger partial charge in [-0.25, -0.2) is 9.48 Å². The highest BCUT2D eigenvalue weighted by molar-refractivity contribution is 5.93. The average Bonchev–Trinajstić information content (AvgIpc) is 3.12. The maximum Gasteiger partial charge on any atom is 0.346 e. The van der Waals surface area contributed by atoms with Gasteiger partial charge >= 0.3 is 5.69 Å². The number of benzene rings is 2. The molecule has 1 amide bonds. The Bertz CT molecular complexity index is 1160. The van der Waals surface area contributed by atoms with Crippen molar-refractivity contribution >= 4 is 11.6 Å². The molecule has 7 heteroatoms. The van der Waals surface area contributed by atoms with Gasteiger partial charge in [0.05, 0.1) is 13.1 Å².